The molecule has 1 saturated carbocycles. The summed E-state index contributed by atoms with van der Waals surface area (Å²) in [6.45, 7) is 5.91. The predicted molar refractivity (Wildman–Crippen MR) is 87.4 cm³/mol. The predicted octanol–water partition coefficient (Wildman–Crippen LogP) is 3.14. The summed E-state index contributed by atoms with van der Waals surface area (Å²) in [6, 6.07) is 3.77. The maximum absolute atomic E-state index is 13.6. The second-order valence-corrected chi connectivity index (χ2v) is 5.93. The van der Waals surface area contributed by atoms with E-state index in [0.29, 0.717) is 12.4 Å². The van der Waals surface area contributed by atoms with E-state index in [1.54, 1.807) is 0 Å². The van der Waals surface area contributed by atoms with E-state index in [4.69, 9.17) is 5.73 Å². The van der Waals surface area contributed by atoms with Crippen LogP contribution >= 0.6 is 24.0 Å². The van der Waals surface area contributed by atoms with Crippen molar-refractivity contribution in [2.45, 2.75) is 44.7 Å². The number of hydrogen-bond donors (Lipinski definition) is 2. The minimum absolute atomic E-state index is 0. The average Bonchev–Trinajstić information content (AvgIpc) is 2.93. The van der Waals surface area contributed by atoms with Gasteiger partial charge >= 0.3 is 0 Å². The van der Waals surface area contributed by atoms with E-state index in [1.165, 1.54) is 18.2 Å². The van der Waals surface area contributed by atoms with Gasteiger partial charge in [-0.25, -0.2) is 13.8 Å². The third kappa shape index (κ3) is 4.29. The van der Waals surface area contributed by atoms with E-state index in [-0.39, 0.29) is 47.0 Å². The molecule has 1 aliphatic carbocycles. The zero-order chi connectivity index (χ0) is 14.2. The second-order valence-electron chi connectivity index (χ2n) is 5.93. The topological polar surface area (TPSA) is 50.4 Å². The fourth-order valence-electron chi connectivity index (χ4n) is 2.09. The van der Waals surface area contributed by atoms with Gasteiger partial charge in [-0.2, -0.15) is 0 Å². The van der Waals surface area contributed by atoms with Gasteiger partial charge in [-0.15, -0.1) is 24.0 Å². The molecule has 0 aliphatic heterocycles. The first-order valence-corrected chi connectivity index (χ1v) is 6.33. The summed E-state index contributed by atoms with van der Waals surface area (Å²) < 4.78 is 27.2. The van der Waals surface area contributed by atoms with Gasteiger partial charge in [0.15, 0.2) is 5.96 Å². The number of rotatable bonds is 2. The molecule has 3 N–H and O–H groups in total. The minimum Gasteiger partial charge on any atom is -0.370 e. The first-order valence-electron chi connectivity index (χ1n) is 6.33. The van der Waals surface area contributed by atoms with Crippen molar-refractivity contribution < 1.29 is 8.78 Å². The molecule has 0 amide bonds. The van der Waals surface area contributed by atoms with Crippen molar-refractivity contribution in [3.63, 3.8) is 0 Å². The van der Waals surface area contributed by atoms with Gasteiger partial charge in [-0.3, -0.25) is 0 Å². The Balaban J connectivity index is 0.00000200. The lowest BCUT2D eigenvalue weighted by Gasteiger charge is -2.21. The Kier molecular flexibility index (Phi) is 5.34. The van der Waals surface area contributed by atoms with E-state index in [0.717, 1.165) is 0 Å². The molecular formula is C14H20F2IN3. The summed E-state index contributed by atoms with van der Waals surface area (Å²) in [5, 5.41) is 3.03. The number of aliphatic imine (C=N–C) groups is 1. The Bertz CT molecular complexity index is 491. The van der Waals surface area contributed by atoms with Crippen molar-refractivity contribution in [2.75, 3.05) is 0 Å². The van der Waals surface area contributed by atoms with Gasteiger partial charge in [0.05, 0.1) is 6.04 Å². The molecule has 2 rings (SSSR count). The minimum atomic E-state index is -0.509. The molecule has 112 valence electrons. The highest BCUT2D eigenvalue weighted by Crippen LogP contribution is 2.45. The van der Waals surface area contributed by atoms with Gasteiger partial charge in [-0.05, 0) is 39.3 Å². The van der Waals surface area contributed by atoms with Gasteiger partial charge in [-0.1, -0.05) is 6.07 Å². The maximum Gasteiger partial charge on any atom is 0.189 e. The fourth-order valence-corrected chi connectivity index (χ4v) is 2.09. The van der Waals surface area contributed by atoms with Crippen LogP contribution in [0.3, 0.4) is 0 Å². The van der Waals surface area contributed by atoms with Gasteiger partial charge in [0.25, 0.3) is 0 Å². The molecular weight excluding hydrogens is 375 g/mol. The quantitative estimate of drug-likeness (QED) is 0.459. The summed E-state index contributed by atoms with van der Waals surface area (Å²) in [5.41, 5.74) is 5.71. The van der Waals surface area contributed by atoms with Crippen molar-refractivity contribution >= 4 is 29.9 Å². The first kappa shape index (κ1) is 17.1. The number of halogens is 3. The number of guanidine groups is 1. The molecule has 3 nitrogen and oxygen atoms in total. The molecule has 0 spiro atoms. The summed E-state index contributed by atoms with van der Waals surface area (Å²) in [4.78, 5) is 4.26. The molecule has 1 fully saturated rings. The molecule has 2 atom stereocenters. The molecule has 20 heavy (non-hydrogen) atoms. The van der Waals surface area contributed by atoms with E-state index >= 15 is 0 Å². The number of benzene rings is 1. The van der Waals surface area contributed by atoms with Crippen LogP contribution in [-0.2, 0) is 0 Å². The zero-order valence-electron chi connectivity index (χ0n) is 11.8. The Labute approximate surface area is 135 Å². The summed E-state index contributed by atoms with van der Waals surface area (Å²) in [6.07, 6.45) is 0.629. The van der Waals surface area contributed by atoms with Crippen molar-refractivity contribution in [2.24, 2.45) is 10.7 Å². The van der Waals surface area contributed by atoms with Crippen molar-refractivity contribution in [1.82, 2.24) is 5.32 Å². The van der Waals surface area contributed by atoms with E-state index in [1.807, 2.05) is 20.8 Å². The van der Waals surface area contributed by atoms with Gasteiger partial charge < -0.3 is 11.1 Å². The van der Waals surface area contributed by atoms with Crippen molar-refractivity contribution in [3.8, 4) is 0 Å². The maximum atomic E-state index is 13.6. The Hall–Kier alpha value is -0.920. The lowest BCUT2D eigenvalue weighted by Crippen LogP contribution is -2.45. The fraction of sp³-hybridized carbons (Fsp3) is 0.500. The second kappa shape index (κ2) is 6.24. The first-order chi connectivity index (χ1) is 8.78. The standard InChI is InChI=1S/C14H19F2N3.HI/c1-14(2,3)19-13(17)18-11-7-8(11)12-9(15)5-4-6-10(12)16;/h4-6,8,11H,7H2,1-3H3,(H3,17,18,19);1H/t8-,11-;/m1./s1. The Morgan fingerprint density at radius 3 is 2.35 bits per heavy atom. The largest absolute Gasteiger partial charge is 0.370 e. The summed E-state index contributed by atoms with van der Waals surface area (Å²) >= 11 is 0. The Morgan fingerprint density at radius 1 is 1.30 bits per heavy atom. The molecule has 1 aliphatic rings. The monoisotopic (exact) mass is 395 g/mol. The highest BCUT2D eigenvalue weighted by Gasteiger charge is 2.42. The highest BCUT2D eigenvalue weighted by atomic mass is 127. The number of nitrogens with zero attached hydrogens (tertiary/aromatic N) is 1. The Morgan fingerprint density at radius 2 is 1.85 bits per heavy atom. The molecule has 1 aromatic rings. The van der Waals surface area contributed by atoms with Crippen LogP contribution in [0.2, 0.25) is 0 Å². The molecule has 0 heterocycles. The molecule has 0 bridgehead atoms. The average molecular weight is 395 g/mol. The van der Waals surface area contributed by atoms with Crippen molar-refractivity contribution in [3.05, 3.63) is 35.4 Å². The molecule has 0 saturated heterocycles. The van der Waals surface area contributed by atoms with Crippen LogP contribution in [0.25, 0.3) is 0 Å². The number of hydrogen-bond acceptors (Lipinski definition) is 1. The molecule has 0 aromatic heterocycles. The molecule has 0 unspecified atom stereocenters. The zero-order valence-corrected chi connectivity index (χ0v) is 14.1. The van der Waals surface area contributed by atoms with E-state index in [9.17, 15) is 8.78 Å². The molecule has 0 radical (unpaired) electrons. The number of nitrogens with one attached hydrogen (secondary N) is 1. The number of nitrogens with two attached hydrogens (primary N) is 1. The van der Waals surface area contributed by atoms with Gasteiger partial charge in [0, 0.05) is 17.0 Å². The van der Waals surface area contributed by atoms with Crippen LogP contribution in [0, 0.1) is 11.6 Å². The molecule has 1 aromatic carbocycles. The highest BCUT2D eigenvalue weighted by molar-refractivity contribution is 14.0. The lowest BCUT2D eigenvalue weighted by atomic mass is 10.1. The third-order valence-corrected chi connectivity index (χ3v) is 2.94. The SMILES string of the molecule is CC(C)(C)NC(N)=N[C@@H]1C[C@H]1c1c(F)cccc1F.I. The van der Waals surface area contributed by atoms with E-state index in [2.05, 4.69) is 10.3 Å². The lowest BCUT2D eigenvalue weighted by molar-refractivity contribution is 0.507. The smallest absolute Gasteiger partial charge is 0.189 e. The van der Waals surface area contributed by atoms with Gasteiger partial charge in [0.1, 0.15) is 11.6 Å². The van der Waals surface area contributed by atoms with Crippen LogP contribution in [0.15, 0.2) is 23.2 Å². The van der Waals surface area contributed by atoms with Crippen LogP contribution in [-0.4, -0.2) is 17.5 Å². The third-order valence-electron chi connectivity index (χ3n) is 2.94. The van der Waals surface area contributed by atoms with Crippen LogP contribution in [0.5, 0.6) is 0 Å². The summed E-state index contributed by atoms with van der Waals surface area (Å²) in [7, 11) is 0. The normalized spacial score (nSPS) is 22.1. The van der Waals surface area contributed by atoms with Crippen LogP contribution in [0.1, 0.15) is 38.7 Å². The van der Waals surface area contributed by atoms with Crippen molar-refractivity contribution in [1.29, 1.82) is 0 Å². The van der Waals surface area contributed by atoms with E-state index < -0.39 is 11.6 Å². The van der Waals surface area contributed by atoms with Gasteiger partial charge in [0.2, 0.25) is 0 Å². The summed E-state index contributed by atoms with van der Waals surface area (Å²) in [5.74, 6) is -0.909. The molecule has 6 heteroatoms. The van der Waals surface area contributed by atoms with Crippen LogP contribution < -0.4 is 11.1 Å². The van der Waals surface area contributed by atoms with Crippen LogP contribution in [0.4, 0.5) is 8.78 Å².